The third-order valence-corrected chi connectivity index (χ3v) is 5.98. The van der Waals surface area contributed by atoms with E-state index in [0.29, 0.717) is 12.1 Å². The first-order chi connectivity index (χ1) is 12.6. The van der Waals surface area contributed by atoms with Gasteiger partial charge in [-0.25, -0.2) is 8.42 Å². The molecule has 27 heavy (non-hydrogen) atoms. The molecule has 5 nitrogen and oxygen atoms in total. The molecule has 1 atom stereocenters. The van der Waals surface area contributed by atoms with Gasteiger partial charge in [0.2, 0.25) is 0 Å². The van der Waals surface area contributed by atoms with Crippen molar-refractivity contribution in [3.05, 3.63) is 59.7 Å². The van der Waals surface area contributed by atoms with Gasteiger partial charge in [0, 0.05) is 11.7 Å². The van der Waals surface area contributed by atoms with Crippen molar-refractivity contribution >= 4 is 27.1 Å². The van der Waals surface area contributed by atoms with Gasteiger partial charge in [0.05, 0.1) is 28.3 Å². The molecule has 3 rings (SSSR count). The van der Waals surface area contributed by atoms with Crippen molar-refractivity contribution in [2.24, 2.45) is 0 Å². The Hall–Kier alpha value is -2.55. The normalized spacial score (nSPS) is 18.9. The molecule has 0 saturated carbocycles. The molecule has 9 heteroatoms. The van der Waals surface area contributed by atoms with Crippen LogP contribution >= 0.6 is 0 Å². The Kier molecular flexibility index (Phi) is 5.14. The lowest BCUT2D eigenvalue weighted by Crippen LogP contribution is -2.35. The Bertz CT molecular complexity index is 958. The van der Waals surface area contributed by atoms with E-state index < -0.39 is 33.5 Å². The summed E-state index contributed by atoms with van der Waals surface area (Å²) in [5.41, 5.74) is -0.0616. The Labute approximate surface area is 154 Å². The molecule has 1 amide bonds. The molecule has 1 fully saturated rings. The summed E-state index contributed by atoms with van der Waals surface area (Å²) < 4.78 is 61.6. The zero-order valence-electron chi connectivity index (χ0n) is 14.1. The van der Waals surface area contributed by atoms with Crippen LogP contribution in [0.25, 0.3) is 0 Å². The average molecular weight is 398 g/mol. The second-order valence-electron chi connectivity index (χ2n) is 6.32. The zero-order valence-corrected chi connectivity index (χ0v) is 14.9. The first-order valence-corrected chi connectivity index (χ1v) is 10.0. The summed E-state index contributed by atoms with van der Waals surface area (Å²) in [7, 11) is -3.14. The molecule has 0 aliphatic carbocycles. The van der Waals surface area contributed by atoms with Crippen LogP contribution in [-0.4, -0.2) is 31.9 Å². The largest absolute Gasteiger partial charge is 0.416 e. The van der Waals surface area contributed by atoms with Crippen molar-refractivity contribution in [3.8, 4) is 0 Å². The number of benzene rings is 2. The predicted molar refractivity (Wildman–Crippen MR) is 95.7 cm³/mol. The van der Waals surface area contributed by atoms with Crippen molar-refractivity contribution in [2.75, 3.05) is 16.8 Å². The summed E-state index contributed by atoms with van der Waals surface area (Å²) in [6, 6.07) is 10.6. The summed E-state index contributed by atoms with van der Waals surface area (Å²) in [5.74, 6) is -0.559. The molecule has 2 N–H and O–H groups in total. The van der Waals surface area contributed by atoms with Gasteiger partial charge in [0.1, 0.15) is 0 Å². The minimum Gasteiger partial charge on any atom is -0.355 e. The maximum atomic E-state index is 12.9. The highest BCUT2D eigenvalue weighted by Crippen LogP contribution is 2.32. The molecule has 0 radical (unpaired) electrons. The number of amides is 1. The van der Waals surface area contributed by atoms with Gasteiger partial charge in [-0.05, 0) is 36.8 Å². The summed E-state index contributed by atoms with van der Waals surface area (Å²) >= 11 is 0. The molecule has 1 saturated heterocycles. The van der Waals surface area contributed by atoms with E-state index in [9.17, 15) is 26.4 Å². The van der Waals surface area contributed by atoms with Gasteiger partial charge in [-0.15, -0.1) is 0 Å². The number of anilines is 2. The SMILES string of the molecule is O=C(N[C@@H]1CCS(=O)(=O)C1)c1ccccc1Nc1cccc(C(F)(F)F)c1. The molecule has 144 valence electrons. The number of hydrogen-bond donors (Lipinski definition) is 2. The van der Waals surface area contributed by atoms with Crippen LogP contribution in [-0.2, 0) is 16.0 Å². The van der Waals surface area contributed by atoms with Crippen molar-refractivity contribution in [3.63, 3.8) is 0 Å². The van der Waals surface area contributed by atoms with Crippen LogP contribution in [0, 0.1) is 0 Å². The second-order valence-corrected chi connectivity index (χ2v) is 8.55. The number of nitrogens with one attached hydrogen (secondary N) is 2. The molecule has 0 aromatic heterocycles. The van der Waals surface area contributed by atoms with Gasteiger partial charge in [0.15, 0.2) is 9.84 Å². The number of carbonyl (C=O) groups excluding carboxylic acids is 1. The van der Waals surface area contributed by atoms with Gasteiger partial charge in [-0.3, -0.25) is 4.79 Å². The topological polar surface area (TPSA) is 75.3 Å². The van der Waals surface area contributed by atoms with Crippen molar-refractivity contribution in [1.82, 2.24) is 5.32 Å². The van der Waals surface area contributed by atoms with Gasteiger partial charge < -0.3 is 10.6 Å². The minimum atomic E-state index is -4.47. The van der Waals surface area contributed by atoms with Gasteiger partial charge in [-0.1, -0.05) is 18.2 Å². The fourth-order valence-corrected chi connectivity index (χ4v) is 4.56. The van der Waals surface area contributed by atoms with Gasteiger partial charge in [-0.2, -0.15) is 13.2 Å². The number of carbonyl (C=O) groups is 1. The van der Waals surface area contributed by atoms with E-state index in [4.69, 9.17) is 0 Å². The lowest BCUT2D eigenvalue weighted by molar-refractivity contribution is -0.137. The molecular weight excluding hydrogens is 381 g/mol. The number of halogens is 3. The van der Waals surface area contributed by atoms with Crippen LogP contribution in [0.15, 0.2) is 48.5 Å². The van der Waals surface area contributed by atoms with Crippen LogP contribution < -0.4 is 10.6 Å². The van der Waals surface area contributed by atoms with Crippen LogP contribution in [0.2, 0.25) is 0 Å². The average Bonchev–Trinajstić information content (AvgIpc) is 2.93. The standard InChI is InChI=1S/C18H17F3N2O3S/c19-18(20,21)12-4-3-5-13(10-12)22-16-7-2-1-6-15(16)17(24)23-14-8-9-27(25,26)11-14/h1-7,10,14,22H,8-9,11H2,(H,23,24)/t14-/m1/s1. The number of alkyl halides is 3. The molecule has 1 heterocycles. The van der Waals surface area contributed by atoms with E-state index >= 15 is 0 Å². The van der Waals surface area contributed by atoms with Gasteiger partial charge in [0.25, 0.3) is 5.91 Å². The fraction of sp³-hybridized carbons (Fsp3) is 0.278. The number of para-hydroxylation sites is 1. The summed E-state index contributed by atoms with van der Waals surface area (Å²) in [6.07, 6.45) is -4.13. The molecule has 0 unspecified atom stereocenters. The quantitative estimate of drug-likeness (QED) is 0.828. The Morgan fingerprint density at radius 1 is 1.07 bits per heavy atom. The van der Waals surface area contributed by atoms with E-state index in [1.54, 1.807) is 18.2 Å². The predicted octanol–water partition coefficient (Wildman–Crippen LogP) is 3.37. The maximum Gasteiger partial charge on any atom is 0.416 e. The highest BCUT2D eigenvalue weighted by Gasteiger charge is 2.31. The lowest BCUT2D eigenvalue weighted by Gasteiger charge is -2.15. The molecule has 0 bridgehead atoms. The molecular formula is C18H17F3N2O3S. The number of rotatable bonds is 4. The minimum absolute atomic E-state index is 0.0298. The molecule has 0 spiro atoms. The summed E-state index contributed by atoms with van der Waals surface area (Å²) in [5, 5.41) is 5.50. The third-order valence-electron chi connectivity index (χ3n) is 4.21. The van der Waals surface area contributed by atoms with Gasteiger partial charge >= 0.3 is 6.18 Å². The summed E-state index contributed by atoms with van der Waals surface area (Å²) in [6.45, 7) is 0. The Balaban J connectivity index is 1.79. The Morgan fingerprint density at radius 2 is 1.81 bits per heavy atom. The van der Waals surface area contributed by atoms with E-state index in [0.717, 1.165) is 12.1 Å². The molecule has 1 aliphatic rings. The van der Waals surface area contributed by atoms with Crippen LogP contribution in [0.3, 0.4) is 0 Å². The lowest BCUT2D eigenvalue weighted by atomic mass is 10.1. The maximum absolute atomic E-state index is 12.9. The molecule has 2 aromatic carbocycles. The van der Waals surface area contributed by atoms with E-state index in [1.807, 2.05) is 0 Å². The molecule has 2 aromatic rings. The van der Waals surface area contributed by atoms with Crippen LogP contribution in [0.5, 0.6) is 0 Å². The van der Waals surface area contributed by atoms with Crippen molar-refractivity contribution in [2.45, 2.75) is 18.6 Å². The van der Waals surface area contributed by atoms with Crippen LogP contribution in [0.4, 0.5) is 24.5 Å². The van der Waals surface area contributed by atoms with E-state index in [-0.39, 0.29) is 22.8 Å². The van der Waals surface area contributed by atoms with E-state index in [2.05, 4.69) is 10.6 Å². The first-order valence-electron chi connectivity index (χ1n) is 8.19. The Morgan fingerprint density at radius 3 is 2.48 bits per heavy atom. The van der Waals surface area contributed by atoms with Crippen molar-refractivity contribution < 1.29 is 26.4 Å². The number of hydrogen-bond acceptors (Lipinski definition) is 4. The highest BCUT2D eigenvalue weighted by atomic mass is 32.2. The molecule has 1 aliphatic heterocycles. The van der Waals surface area contributed by atoms with Crippen molar-refractivity contribution in [1.29, 1.82) is 0 Å². The third kappa shape index (κ3) is 4.79. The number of sulfone groups is 1. The zero-order chi connectivity index (χ0) is 19.7. The second kappa shape index (κ2) is 7.22. The fourth-order valence-electron chi connectivity index (χ4n) is 2.89. The smallest absolute Gasteiger partial charge is 0.355 e. The summed E-state index contributed by atoms with van der Waals surface area (Å²) in [4.78, 5) is 12.5. The first kappa shape index (κ1) is 19.2. The highest BCUT2D eigenvalue weighted by molar-refractivity contribution is 7.91. The van der Waals surface area contributed by atoms with Crippen LogP contribution in [0.1, 0.15) is 22.3 Å². The monoisotopic (exact) mass is 398 g/mol. The van der Waals surface area contributed by atoms with E-state index in [1.165, 1.54) is 18.2 Å².